The van der Waals surface area contributed by atoms with Crippen molar-refractivity contribution in [1.82, 2.24) is 10.3 Å². The van der Waals surface area contributed by atoms with Gasteiger partial charge in [-0.1, -0.05) is 18.2 Å². The number of aryl methyl sites for hydroxylation is 2. The molecule has 1 aliphatic carbocycles. The molecule has 1 aliphatic rings. The van der Waals surface area contributed by atoms with Crippen LogP contribution in [0.5, 0.6) is 0 Å². The number of thiazole rings is 1. The van der Waals surface area contributed by atoms with E-state index in [1.165, 1.54) is 24.8 Å². The molecular weight excluding hydrogens is 240 g/mol. The molecule has 2 aromatic rings. The SMILES string of the molecule is CC(NCc1nccs1)c1ccc2c(c1)CCC2. The Kier molecular flexibility index (Phi) is 3.43. The van der Waals surface area contributed by atoms with Gasteiger partial charge in [-0.05, 0) is 42.9 Å². The van der Waals surface area contributed by atoms with E-state index in [2.05, 4.69) is 35.4 Å². The smallest absolute Gasteiger partial charge is 0.106 e. The van der Waals surface area contributed by atoms with Gasteiger partial charge < -0.3 is 5.32 Å². The Balaban J connectivity index is 1.67. The van der Waals surface area contributed by atoms with Crippen molar-refractivity contribution in [3.05, 3.63) is 51.5 Å². The number of rotatable bonds is 4. The van der Waals surface area contributed by atoms with Crippen LogP contribution in [0.2, 0.25) is 0 Å². The summed E-state index contributed by atoms with van der Waals surface area (Å²) < 4.78 is 0. The van der Waals surface area contributed by atoms with E-state index in [4.69, 9.17) is 0 Å². The van der Waals surface area contributed by atoms with Gasteiger partial charge in [-0.25, -0.2) is 4.98 Å². The summed E-state index contributed by atoms with van der Waals surface area (Å²) in [6, 6.07) is 7.34. The minimum absolute atomic E-state index is 0.389. The van der Waals surface area contributed by atoms with Crippen LogP contribution in [0.1, 0.15) is 41.1 Å². The molecule has 0 bridgehead atoms. The van der Waals surface area contributed by atoms with E-state index in [1.54, 1.807) is 22.5 Å². The molecule has 1 N–H and O–H groups in total. The van der Waals surface area contributed by atoms with Crippen molar-refractivity contribution in [2.45, 2.75) is 38.8 Å². The van der Waals surface area contributed by atoms with Crippen LogP contribution >= 0.6 is 11.3 Å². The van der Waals surface area contributed by atoms with E-state index in [1.807, 2.05) is 11.6 Å². The van der Waals surface area contributed by atoms with E-state index in [0.29, 0.717) is 6.04 Å². The standard InChI is InChI=1S/C15H18N2S/c1-11(17-10-15-16-7-8-18-15)13-6-5-12-3-2-4-14(12)9-13/h5-9,11,17H,2-4,10H2,1H3. The molecule has 1 aromatic carbocycles. The van der Waals surface area contributed by atoms with E-state index < -0.39 is 0 Å². The molecule has 2 nitrogen and oxygen atoms in total. The van der Waals surface area contributed by atoms with Crippen molar-refractivity contribution < 1.29 is 0 Å². The minimum atomic E-state index is 0.389. The third-order valence-corrected chi connectivity index (χ3v) is 4.45. The van der Waals surface area contributed by atoms with Crippen molar-refractivity contribution in [1.29, 1.82) is 0 Å². The summed E-state index contributed by atoms with van der Waals surface area (Å²) in [5, 5.41) is 6.72. The Morgan fingerprint density at radius 1 is 1.33 bits per heavy atom. The number of nitrogens with one attached hydrogen (secondary N) is 1. The number of nitrogens with zero attached hydrogens (tertiary/aromatic N) is 1. The second kappa shape index (κ2) is 5.21. The molecule has 0 aliphatic heterocycles. The fourth-order valence-electron chi connectivity index (χ4n) is 2.56. The summed E-state index contributed by atoms with van der Waals surface area (Å²) in [6.07, 6.45) is 5.69. The Labute approximate surface area is 112 Å². The predicted octanol–water partition coefficient (Wildman–Crippen LogP) is 3.48. The van der Waals surface area contributed by atoms with Gasteiger partial charge in [0.2, 0.25) is 0 Å². The lowest BCUT2D eigenvalue weighted by Gasteiger charge is -2.14. The Morgan fingerprint density at radius 3 is 3.06 bits per heavy atom. The molecular formula is C15H18N2S. The van der Waals surface area contributed by atoms with E-state index in [0.717, 1.165) is 11.6 Å². The minimum Gasteiger partial charge on any atom is -0.304 e. The van der Waals surface area contributed by atoms with Gasteiger partial charge in [-0.15, -0.1) is 11.3 Å². The first-order valence-corrected chi connectivity index (χ1v) is 7.44. The average molecular weight is 258 g/mol. The van der Waals surface area contributed by atoms with Crippen molar-refractivity contribution in [3.63, 3.8) is 0 Å². The molecule has 3 heteroatoms. The second-order valence-corrected chi connectivity index (χ2v) is 5.89. The van der Waals surface area contributed by atoms with Gasteiger partial charge in [0, 0.05) is 24.2 Å². The molecule has 0 saturated carbocycles. The normalized spacial score (nSPS) is 15.6. The van der Waals surface area contributed by atoms with Crippen molar-refractivity contribution in [2.75, 3.05) is 0 Å². The van der Waals surface area contributed by atoms with Crippen LogP contribution in [0.4, 0.5) is 0 Å². The van der Waals surface area contributed by atoms with Gasteiger partial charge in [0.05, 0.1) is 0 Å². The summed E-state index contributed by atoms with van der Waals surface area (Å²) in [4.78, 5) is 4.30. The summed E-state index contributed by atoms with van der Waals surface area (Å²) in [6.45, 7) is 3.08. The molecule has 1 unspecified atom stereocenters. The van der Waals surface area contributed by atoms with Gasteiger partial charge in [0.1, 0.15) is 5.01 Å². The first kappa shape index (κ1) is 11.9. The van der Waals surface area contributed by atoms with Crippen molar-refractivity contribution >= 4 is 11.3 Å². The van der Waals surface area contributed by atoms with Crippen LogP contribution in [0.3, 0.4) is 0 Å². The monoisotopic (exact) mass is 258 g/mol. The Bertz CT molecular complexity index is 519. The first-order chi connectivity index (χ1) is 8.83. The van der Waals surface area contributed by atoms with Crippen LogP contribution in [0.15, 0.2) is 29.8 Å². The largest absolute Gasteiger partial charge is 0.304 e. The molecule has 0 radical (unpaired) electrons. The maximum atomic E-state index is 4.30. The van der Waals surface area contributed by atoms with Crippen LogP contribution in [0, 0.1) is 0 Å². The summed E-state index contributed by atoms with van der Waals surface area (Å²) >= 11 is 1.71. The van der Waals surface area contributed by atoms with Crippen LogP contribution < -0.4 is 5.32 Å². The number of hydrogen-bond donors (Lipinski definition) is 1. The predicted molar refractivity (Wildman–Crippen MR) is 75.8 cm³/mol. The van der Waals surface area contributed by atoms with E-state index >= 15 is 0 Å². The molecule has 1 aromatic heterocycles. The Morgan fingerprint density at radius 2 is 2.22 bits per heavy atom. The maximum Gasteiger partial charge on any atom is 0.106 e. The average Bonchev–Trinajstić information content (AvgIpc) is 3.05. The molecule has 1 atom stereocenters. The van der Waals surface area contributed by atoms with Gasteiger partial charge in [0.25, 0.3) is 0 Å². The number of aromatic nitrogens is 1. The summed E-state index contributed by atoms with van der Waals surface area (Å²) in [7, 11) is 0. The van der Waals surface area contributed by atoms with Crippen molar-refractivity contribution in [3.8, 4) is 0 Å². The van der Waals surface area contributed by atoms with Crippen LogP contribution in [0.25, 0.3) is 0 Å². The van der Waals surface area contributed by atoms with Crippen LogP contribution in [-0.4, -0.2) is 4.98 Å². The molecule has 0 fully saturated rings. The zero-order valence-corrected chi connectivity index (χ0v) is 11.5. The van der Waals surface area contributed by atoms with Gasteiger partial charge in [0.15, 0.2) is 0 Å². The number of benzene rings is 1. The van der Waals surface area contributed by atoms with Crippen molar-refractivity contribution in [2.24, 2.45) is 0 Å². The molecule has 0 spiro atoms. The van der Waals surface area contributed by atoms with Gasteiger partial charge in [-0.2, -0.15) is 0 Å². The molecule has 94 valence electrons. The highest BCUT2D eigenvalue weighted by Crippen LogP contribution is 2.25. The van der Waals surface area contributed by atoms with Crippen LogP contribution in [-0.2, 0) is 19.4 Å². The fraction of sp³-hybridized carbons (Fsp3) is 0.400. The zero-order chi connectivity index (χ0) is 12.4. The highest BCUT2D eigenvalue weighted by molar-refractivity contribution is 7.09. The lowest BCUT2D eigenvalue weighted by atomic mass is 10.0. The van der Waals surface area contributed by atoms with E-state index in [-0.39, 0.29) is 0 Å². The fourth-order valence-corrected chi connectivity index (χ4v) is 3.13. The first-order valence-electron chi connectivity index (χ1n) is 6.56. The molecule has 1 heterocycles. The van der Waals surface area contributed by atoms with Gasteiger partial charge >= 0.3 is 0 Å². The lowest BCUT2D eigenvalue weighted by molar-refractivity contribution is 0.573. The number of hydrogen-bond acceptors (Lipinski definition) is 3. The highest BCUT2D eigenvalue weighted by Gasteiger charge is 2.13. The Hall–Kier alpha value is -1.19. The topological polar surface area (TPSA) is 24.9 Å². The summed E-state index contributed by atoms with van der Waals surface area (Å²) in [5.41, 5.74) is 4.49. The lowest BCUT2D eigenvalue weighted by Crippen LogP contribution is -2.18. The third-order valence-electron chi connectivity index (χ3n) is 3.67. The van der Waals surface area contributed by atoms with Gasteiger partial charge in [-0.3, -0.25) is 0 Å². The zero-order valence-electron chi connectivity index (χ0n) is 10.6. The molecule has 0 amide bonds. The maximum absolute atomic E-state index is 4.30. The van der Waals surface area contributed by atoms with E-state index in [9.17, 15) is 0 Å². The summed E-state index contributed by atoms with van der Waals surface area (Å²) in [5.74, 6) is 0. The molecule has 3 rings (SSSR count). The quantitative estimate of drug-likeness (QED) is 0.908. The molecule has 18 heavy (non-hydrogen) atoms. The third kappa shape index (κ3) is 2.47. The molecule has 0 saturated heterocycles. The second-order valence-electron chi connectivity index (χ2n) is 4.91. The number of fused-ring (bicyclic) bond motifs is 1. The highest BCUT2D eigenvalue weighted by atomic mass is 32.1.